The summed E-state index contributed by atoms with van der Waals surface area (Å²) in [5.74, 6) is -0.897. The summed E-state index contributed by atoms with van der Waals surface area (Å²) in [6, 6.07) is 13.5. The van der Waals surface area contributed by atoms with E-state index in [1.165, 1.54) is 0 Å². The number of rotatable bonds is 3. The molecule has 2 aromatic rings. The molecule has 2 atom stereocenters. The second-order valence-corrected chi connectivity index (χ2v) is 8.37. The van der Waals surface area contributed by atoms with Crippen molar-refractivity contribution in [1.82, 2.24) is 19.7 Å². The lowest BCUT2D eigenvalue weighted by Crippen LogP contribution is -2.43. The number of fused-ring (bicyclic) bond motifs is 7. The summed E-state index contributed by atoms with van der Waals surface area (Å²) in [6.07, 6.45) is 0. The number of hydrogen-bond acceptors (Lipinski definition) is 7. The molecule has 0 saturated carbocycles. The van der Waals surface area contributed by atoms with Gasteiger partial charge in [-0.1, -0.05) is 18.2 Å². The molecular weight excluding hydrogens is 408 g/mol. The van der Waals surface area contributed by atoms with Gasteiger partial charge in [0.15, 0.2) is 0 Å². The quantitative estimate of drug-likeness (QED) is 0.776. The van der Waals surface area contributed by atoms with E-state index in [1.54, 1.807) is 12.1 Å². The summed E-state index contributed by atoms with van der Waals surface area (Å²) in [4.78, 5) is 23.3. The molecule has 1 N–H and O–H groups in total. The molecule has 1 saturated heterocycles. The monoisotopic (exact) mass is 440 g/mol. The Bertz CT molecular complexity index is 877. The van der Waals surface area contributed by atoms with Crippen LogP contribution in [0.25, 0.3) is 0 Å². The van der Waals surface area contributed by atoms with E-state index in [-0.39, 0.29) is 0 Å². The number of ether oxygens (including phenoxy) is 2. The molecule has 2 aliphatic heterocycles. The van der Waals surface area contributed by atoms with Gasteiger partial charge in [-0.15, -0.1) is 0 Å². The summed E-state index contributed by atoms with van der Waals surface area (Å²) in [6.45, 7) is 9.13. The highest BCUT2D eigenvalue weighted by Crippen LogP contribution is 2.13. The highest BCUT2D eigenvalue weighted by Gasteiger charge is 2.18. The number of aromatic carboxylic acids is 1. The van der Waals surface area contributed by atoms with Crippen LogP contribution in [0.2, 0.25) is 0 Å². The van der Waals surface area contributed by atoms with Crippen LogP contribution in [0.4, 0.5) is 0 Å². The van der Waals surface area contributed by atoms with E-state index in [0.717, 1.165) is 69.4 Å². The molecule has 1 aromatic heterocycles. The predicted molar refractivity (Wildman–Crippen MR) is 120 cm³/mol. The maximum atomic E-state index is 11.2. The molecule has 0 amide bonds. The van der Waals surface area contributed by atoms with Gasteiger partial charge in [-0.25, -0.2) is 4.79 Å². The van der Waals surface area contributed by atoms with Gasteiger partial charge >= 0.3 is 5.97 Å². The Hall–Kier alpha value is -2.36. The average Bonchev–Trinajstić information content (AvgIpc) is 2.80. The van der Waals surface area contributed by atoms with Crippen LogP contribution in [0.1, 0.15) is 27.3 Å². The first-order valence-electron chi connectivity index (χ1n) is 11.3. The molecule has 172 valence electrons. The van der Waals surface area contributed by atoms with Gasteiger partial charge in [-0.05, 0) is 29.8 Å². The first-order valence-corrected chi connectivity index (χ1v) is 11.3. The van der Waals surface area contributed by atoms with Crippen molar-refractivity contribution in [2.24, 2.45) is 0 Å². The highest BCUT2D eigenvalue weighted by molar-refractivity contribution is 5.87. The van der Waals surface area contributed by atoms with Crippen LogP contribution in [0.15, 0.2) is 42.5 Å². The van der Waals surface area contributed by atoms with E-state index in [2.05, 4.69) is 32.9 Å². The Kier molecular flexibility index (Phi) is 8.19. The van der Waals surface area contributed by atoms with Gasteiger partial charge in [0.2, 0.25) is 0 Å². The average molecular weight is 441 g/mol. The van der Waals surface area contributed by atoms with E-state index < -0.39 is 5.97 Å². The minimum absolute atomic E-state index is 0.316. The zero-order valence-electron chi connectivity index (χ0n) is 18.5. The van der Waals surface area contributed by atoms with E-state index >= 15 is 0 Å². The van der Waals surface area contributed by atoms with E-state index in [1.807, 2.05) is 12.1 Å². The molecule has 8 heteroatoms. The normalized spacial score (nSPS) is 23.5. The molecule has 0 spiro atoms. The van der Waals surface area contributed by atoms with Crippen LogP contribution >= 0.6 is 0 Å². The van der Waals surface area contributed by atoms with Crippen molar-refractivity contribution in [1.29, 1.82) is 0 Å². The molecule has 4 rings (SSSR count). The molecule has 2 unspecified atom stereocenters. The standard InChI is InChI=1S/C24H32N4O4/c29-24(30)21-6-4-20(5-7-21)16-27-9-8-26-10-12-31-14-15-32-13-11-28(19-27)18-23-3-1-2-22(17-26)25-23/h1-7H,8-19H2,(H,29,30). The summed E-state index contributed by atoms with van der Waals surface area (Å²) in [7, 11) is 0. The van der Waals surface area contributed by atoms with Crippen molar-refractivity contribution in [3.05, 3.63) is 65.0 Å². The lowest BCUT2D eigenvalue weighted by molar-refractivity contribution is 0.0136. The van der Waals surface area contributed by atoms with Gasteiger partial charge in [-0.3, -0.25) is 19.7 Å². The summed E-state index contributed by atoms with van der Waals surface area (Å²) in [5.41, 5.74) is 3.58. The topological polar surface area (TPSA) is 78.4 Å². The van der Waals surface area contributed by atoms with Crippen LogP contribution in [0.5, 0.6) is 0 Å². The molecule has 2 aliphatic rings. The van der Waals surface area contributed by atoms with Crippen LogP contribution in [-0.2, 0) is 29.1 Å². The third-order valence-corrected chi connectivity index (χ3v) is 5.85. The molecule has 3 heterocycles. The van der Waals surface area contributed by atoms with Gasteiger partial charge < -0.3 is 14.6 Å². The number of aromatic nitrogens is 1. The summed E-state index contributed by atoms with van der Waals surface area (Å²) < 4.78 is 11.6. The lowest BCUT2D eigenvalue weighted by atomic mass is 10.1. The van der Waals surface area contributed by atoms with Gasteiger partial charge in [0, 0.05) is 45.8 Å². The minimum atomic E-state index is -0.897. The van der Waals surface area contributed by atoms with Crippen molar-refractivity contribution < 1.29 is 19.4 Å². The van der Waals surface area contributed by atoms with Crippen molar-refractivity contribution in [2.45, 2.75) is 19.6 Å². The molecule has 0 radical (unpaired) electrons. The third kappa shape index (κ3) is 6.82. The second kappa shape index (κ2) is 11.5. The van der Waals surface area contributed by atoms with Crippen LogP contribution in [-0.4, -0.2) is 90.0 Å². The Labute approximate surface area is 189 Å². The maximum absolute atomic E-state index is 11.2. The van der Waals surface area contributed by atoms with Crippen molar-refractivity contribution >= 4 is 5.97 Å². The number of pyridine rings is 1. The van der Waals surface area contributed by atoms with E-state index in [0.29, 0.717) is 32.0 Å². The molecular formula is C24H32N4O4. The number of carboxylic acids is 1. The predicted octanol–water partition coefficient (Wildman–Crippen LogP) is 1.90. The van der Waals surface area contributed by atoms with Crippen molar-refractivity contribution in [3.8, 4) is 0 Å². The molecule has 0 aliphatic carbocycles. The summed E-state index contributed by atoms with van der Waals surface area (Å²) >= 11 is 0. The van der Waals surface area contributed by atoms with Gasteiger partial charge in [0.05, 0.1) is 50.0 Å². The molecule has 1 fully saturated rings. The van der Waals surface area contributed by atoms with Crippen LogP contribution < -0.4 is 0 Å². The summed E-state index contributed by atoms with van der Waals surface area (Å²) in [5, 5.41) is 9.18. The fourth-order valence-electron chi connectivity index (χ4n) is 4.12. The van der Waals surface area contributed by atoms with E-state index in [9.17, 15) is 9.90 Å². The second-order valence-electron chi connectivity index (χ2n) is 8.37. The fraction of sp³-hybridized carbons (Fsp3) is 0.500. The van der Waals surface area contributed by atoms with Crippen LogP contribution in [0, 0.1) is 0 Å². The lowest BCUT2D eigenvalue weighted by Gasteiger charge is -2.32. The zero-order valence-corrected chi connectivity index (χ0v) is 18.5. The maximum Gasteiger partial charge on any atom is 0.335 e. The smallest absolute Gasteiger partial charge is 0.335 e. The van der Waals surface area contributed by atoms with Crippen molar-refractivity contribution in [2.75, 3.05) is 59.3 Å². The first kappa shape index (κ1) is 22.8. The van der Waals surface area contributed by atoms with Crippen LogP contribution in [0.3, 0.4) is 0 Å². The van der Waals surface area contributed by atoms with Gasteiger partial charge in [-0.2, -0.15) is 0 Å². The minimum Gasteiger partial charge on any atom is -0.478 e. The van der Waals surface area contributed by atoms with E-state index in [4.69, 9.17) is 14.5 Å². The molecule has 1 aromatic carbocycles. The largest absolute Gasteiger partial charge is 0.478 e. The zero-order chi connectivity index (χ0) is 22.2. The number of hydrogen-bond donors (Lipinski definition) is 1. The molecule has 32 heavy (non-hydrogen) atoms. The Morgan fingerprint density at radius 1 is 0.844 bits per heavy atom. The number of benzene rings is 1. The third-order valence-electron chi connectivity index (χ3n) is 5.85. The molecule has 4 bridgehead atoms. The van der Waals surface area contributed by atoms with Gasteiger partial charge in [0.25, 0.3) is 0 Å². The number of nitrogens with zero attached hydrogens (tertiary/aromatic N) is 4. The number of carboxylic acid groups (broad SMARTS) is 1. The van der Waals surface area contributed by atoms with Crippen molar-refractivity contribution in [3.63, 3.8) is 0 Å². The SMILES string of the molecule is O=C(O)c1ccc(CN2CCN3CCOCCOCCN(Cc4cccc(n4)C3)C2)cc1. The number of carbonyl (C=O) groups is 1. The fourth-order valence-corrected chi connectivity index (χ4v) is 4.12. The highest BCUT2D eigenvalue weighted by atomic mass is 16.5. The Balaban J connectivity index is 1.56. The first-order chi connectivity index (χ1) is 15.7. The Morgan fingerprint density at radius 2 is 1.50 bits per heavy atom. The van der Waals surface area contributed by atoms with Gasteiger partial charge in [0.1, 0.15) is 0 Å². The Morgan fingerprint density at radius 3 is 2.19 bits per heavy atom. The molecule has 8 nitrogen and oxygen atoms in total.